The minimum absolute atomic E-state index is 0.639. The van der Waals surface area contributed by atoms with Gasteiger partial charge in [0.15, 0.2) is 23.1 Å². The molecule has 0 unspecified atom stereocenters. The van der Waals surface area contributed by atoms with Gasteiger partial charge in [-0.1, -0.05) is 164 Å². The van der Waals surface area contributed by atoms with Crippen LogP contribution in [0.5, 0.6) is 0 Å². The fourth-order valence-electron chi connectivity index (χ4n) is 11.0. The lowest BCUT2D eigenvalue weighted by atomic mass is 9.93. The Morgan fingerprint density at radius 1 is 0.275 bits per heavy atom. The van der Waals surface area contributed by atoms with Crippen molar-refractivity contribution in [3.05, 3.63) is 224 Å². The number of aromatic nitrogens is 5. The number of hydrogen-bond donors (Lipinski definition) is 0. The van der Waals surface area contributed by atoms with Crippen molar-refractivity contribution in [3.63, 3.8) is 0 Å². The van der Waals surface area contributed by atoms with Crippen LogP contribution in [0, 0.1) is 0 Å². The quantitative estimate of drug-likeness (QED) is 0.162. The zero-order valence-corrected chi connectivity index (χ0v) is 37.0. The van der Waals surface area contributed by atoms with Crippen LogP contribution >= 0.6 is 0 Å². The molecule has 320 valence electrons. The standard InChI is InChI=1S/C63H37N5O/c1-3-15-38(16-4-1)61-64-62(39-17-5-2-6-18-39)66-63(65-61)40-27-30-45-46-31-28-41(36-53(46)44-20-8-7-19-43(44)52(45)35-40)67-55-24-12-10-22-48(55)54-37-42(29-34-57(54)67)68-56-25-13-9-21-47(56)50-32-33-51-49-23-11-14-26-58(49)69-60(51)59(50)68/h1-37H. The Morgan fingerprint density at radius 2 is 0.725 bits per heavy atom. The topological polar surface area (TPSA) is 61.7 Å². The second kappa shape index (κ2) is 14.6. The predicted molar refractivity (Wildman–Crippen MR) is 285 cm³/mol. The van der Waals surface area contributed by atoms with Crippen LogP contribution in [0.2, 0.25) is 0 Å². The van der Waals surface area contributed by atoms with Crippen LogP contribution in [0.4, 0.5) is 0 Å². The van der Waals surface area contributed by atoms with Gasteiger partial charge in [-0.05, 0) is 93.0 Å². The van der Waals surface area contributed by atoms with Gasteiger partial charge in [-0.3, -0.25) is 0 Å². The lowest BCUT2D eigenvalue weighted by molar-refractivity contribution is 0.671. The highest BCUT2D eigenvalue weighted by atomic mass is 16.3. The number of hydrogen-bond acceptors (Lipinski definition) is 4. The normalized spacial score (nSPS) is 12.1. The van der Waals surface area contributed by atoms with E-state index in [4.69, 9.17) is 19.4 Å². The number of fused-ring (bicyclic) bond motifs is 16. The fraction of sp³-hybridized carbons (Fsp3) is 0. The summed E-state index contributed by atoms with van der Waals surface area (Å²) in [6.45, 7) is 0. The van der Waals surface area contributed by atoms with Crippen molar-refractivity contribution in [2.24, 2.45) is 0 Å². The van der Waals surface area contributed by atoms with E-state index in [1.54, 1.807) is 0 Å². The number of rotatable bonds is 5. The van der Waals surface area contributed by atoms with Gasteiger partial charge in [-0.2, -0.15) is 0 Å². The van der Waals surface area contributed by atoms with Crippen LogP contribution in [0.3, 0.4) is 0 Å². The van der Waals surface area contributed by atoms with Gasteiger partial charge in [0.1, 0.15) is 5.58 Å². The molecule has 0 aliphatic rings. The first-order chi connectivity index (χ1) is 34.2. The molecule has 4 heterocycles. The Bertz CT molecular complexity index is 4520. The smallest absolute Gasteiger partial charge is 0.164 e. The third kappa shape index (κ3) is 5.63. The van der Waals surface area contributed by atoms with Gasteiger partial charge in [-0.15, -0.1) is 0 Å². The van der Waals surface area contributed by atoms with Gasteiger partial charge in [0, 0.05) is 60.4 Å². The first-order valence-corrected chi connectivity index (χ1v) is 23.3. The van der Waals surface area contributed by atoms with Gasteiger partial charge < -0.3 is 13.6 Å². The molecule has 0 fully saturated rings. The second-order valence-electron chi connectivity index (χ2n) is 17.9. The molecule has 11 aromatic carbocycles. The highest BCUT2D eigenvalue weighted by Crippen LogP contribution is 2.43. The second-order valence-corrected chi connectivity index (χ2v) is 17.9. The molecule has 0 bridgehead atoms. The summed E-state index contributed by atoms with van der Waals surface area (Å²) in [6.07, 6.45) is 0. The molecule has 0 radical (unpaired) electrons. The Labute approximate surface area is 394 Å². The molecule has 6 nitrogen and oxygen atoms in total. The van der Waals surface area contributed by atoms with Crippen LogP contribution in [-0.2, 0) is 0 Å². The summed E-state index contributed by atoms with van der Waals surface area (Å²) in [7, 11) is 0. The molecule has 15 aromatic rings. The SMILES string of the molecule is c1ccc(-c2nc(-c3ccccc3)nc(-c3ccc4c5ccc(-n6c7ccccc7c7cc(-n8c9ccccc9c9ccc%10c%11ccccc%11oc%10c98)ccc76)cc5c5ccccc5c4c3)n2)cc1. The average molecular weight is 880 g/mol. The summed E-state index contributed by atoms with van der Waals surface area (Å²) in [5.74, 6) is 1.93. The van der Waals surface area contributed by atoms with E-state index < -0.39 is 0 Å². The maximum Gasteiger partial charge on any atom is 0.164 e. The van der Waals surface area contributed by atoms with Crippen molar-refractivity contribution < 1.29 is 4.42 Å². The molecule has 6 heteroatoms. The van der Waals surface area contributed by atoms with Crippen molar-refractivity contribution in [2.45, 2.75) is 0 Å². The van der Waals surface area contributed by atoms with Crippen molar-refractivity contribution in [2.75, 3.05) is 0 Å². The molecule has 0 amide bonds. The summed E-state index contributed by atoms with van der Waals surface area (Å²) in [5.41, 5.74) is 11.3. The number of furan rings is 1. The summed E-state index contributed by atoms with van der Waals surface area (Å²) >= 11 is 0. The van der Waals surface area contributed by atoms with E-state index in [1.165, 1.54) is 48.5 Å². The van der Waals surface area contributed by atoms with E-state index in [1.807, 2.05) is 66.7 Å². The Morgan fingerprint density at radius 3 is 1.42 bits per heavy atom. The summed E-state index contributed by atoms with van der Waals surface area (Å²) in [6, 6.07) is 79.9. The predicted octanol–water partition coefficient (Wildman–Crippen LogP) is 16.4. The Balaban J connectivity index is 0.911. The largest absolute Gasteiger partial charge is 0.454 e. The molecule has 0 atom stereocenters. The number of para-hydroxylation sites is 3. The van der Waals surface area contributed by atoms with Crippen LogP contribution in [0.15, 0.2) is 229 Å². The molecule has 0 aliphatic carbocycles. The third-order valence-electron chi connectivity index (χ3n) is 14.1. The number of benzene rings is 11. The van der Waals surface area contributed by atoms with E-state index in [0.29, 0.717) is 17.5 Å². The lowest BCUT2D eigenvalue weighted by Gasteiger charge is -2.15. The molecule has 4 aromatic heterocycles. The van der Waals surface area contributed by atoms with E-state index in [9.17, 15) is 0 Å². The lowest BCUT2D eigenvalue weighted by Crippen LogP contribution is -2.00. The van der Waals surface area contributed by atoms with Crippen molar-refractivity contribution in [1.29, 1.82) is 0 Å². The minimum atomic E-state index is 0.639. The molecular weight excluding hydrogens is 843 g/mol. The summed E-state index contributed by atoms with van der Waals surface area (Å²) < 4.78 is 11.5. The fourth-order valence-corrected chi connectivity index (χ4v) is 11.0. The van der Waals surface area contributed by atoms with E-state index in [-0.39, 0.29) is 0 Å². The van der Waals surface area contributed by atoms with Gasteiger partial charge in [0.25, 0.3) is 0 Å². The zero-order chi connectivity index (χ0) is 45.2. The first-order valence-electron chi connectivity index (χ1n) is 23.3. The maximum absolute atomic E-state index is 6.70. The van der Waals surface area contributed by atoms with Gasteiger partial charge in [0.05, 0.1) is 22.1 Å². The minimum Gasteiger partial charge on any atom is -0.454 e. The van der Waals surface area contributed by atoms with Crippen molar-refractivity contribution >= 4 is 97.9 Å². The molecule has 0 N–H and O–H groups in total. The molecule has 0 aliphatic heterocycles. The summed E-state index contributed by atoms with van der Waals surface area (Å²) in [4.78, 5) is 15.1. The maximum atomic E-state index is 6.70. The van der Waals surface area contributed by atoms with Crippen LogP contribution in [-0.4, -0.2) is 24.1 Å². The zero-order valence-electron chi connectivity index (χ0n) is 37.0. The summed E-state index contributed by atoms with van der Waals surface area (Å²) in [5, 5.41) is 14.1. The molecule has 0 spiro atoms. The third-order valence-corrected chi connectivity index (χ3v) is 14.1. The monoisotopic (exact) mass is 879 g/mol. The molecule has 69 heavy (non-hydrogen) atoms. The van der Waals surface area contributed by atoms with Crippen LogP contribution in [0.1, 0.15) is 0 Å². The van der Waals surface area contributed by atoms with E-state index in [0.717, 1.165) is 77.5 Å². The van der Waals surface area contributed by atoms with Crippen LogP contribution in [0.25, 0.3) is 143 Å². The highest BCUT2D eigenvalue weighted by molar-refractivity contribution is 6.26. The highest BCUT2D eigenvalue weighted by Gasteiger charge is 2.22. The van der Waals surface area contributed by atoms with Gasteiger partial charge in [0.2, 0.25) is 0 Å². The van der Waals surface area contributed by atoms with Crippen molar-refractivity contribution in [3.8, 4) is 45.5 Å². The van der Waals surface area contributed by atoms with Crippen LogP contribution < -0.4 is 0 Å². The van der Waals surface area contributed by atoms with Crippen molar-refractivity contribution in [1.82, 2.24) is 24.1 Å². The first kappa shape index (κ1) is 37.8. The van der Waals surface area contributed by atoms with E-state index >= 15 is 0 Å². The average Bonchev–Trinajstić information content (AvgIpc) is 4.09. The van der Waals surface area contributed by atoms with Gasteiger partial charge in [-0.25, -0.2) is 15.0 Å². The molecular formula is C63H37N5O. The molecule has 0 saturated carbocycles. The van der Waals surface area contributed by atoms with Gasteiger partial charge >= 0.3 is 0 Å². The Hall–Kier alpha value is -9.39. The number of nitrogens with zero attached hydrogens (tertiary/aromatic N) is 5. The molecule has 0 saturated heterocycles. The molecule has 15 rings (SSSR count). The van der Waals surface area contributed by atoms with E-state index in [2.05, 4.69) is 167 Å². The Kier molecular flexibility index (Phi) is 7.97.